The first-order valence-electron chi connectivity index (χ1n) is 10.9. The van der Waals surface area contributed by atoms with E-state index >= 15 is 0 Å². The minimum absolute atomic E-state index is 0.0601. The SMILES string of the molecule is CC1=C(C(=O)N2CCCCC2)C(c2ccc(C)cc2)C2=C(CC(C)(C)CC2=O)N1. The Morgan fingerprint density at radius 2 is 1.69 bits per heavy atom. The number of nitrogens with one attached hydrogen (secondary N) is 1. The molecule has 1 amide bonds. The highest BCUT2D eigenvalue weighted by atomic mass is 16.2. The Bertz CT molecular complexity index is 899. The molecule has 1 saturated heterocycles. The molecule has 1 aromatic rings. The molecule has 1 atom stereocenters. The summed E-state index contributed by atoms with van der Waals surface area (Å²) in [6, 6.07) is 8.32. The molecule has 0 bridgehead atoms. The predicted molar refractivity (Wildman–Crippen MR) is 115 cm³/mol. The lowest BCUT2D eigenvalue weighted by Crippen LogP contribution is -2.43. The molecule has 154 valence electrons. The van der Waals surface area contributed by atoms with Crippen molar-refractivity contribution < 1.29 is 9.59 Å². The molecular formula is C25H32N2O2. The van der Waals surface area contributed by atoms with Gasteiger partial charge in [-0.05, 0) is 50.5 Å². The van der Waals surface area contributed by atoms with Crippen molar-refractivity contribution in [3.63, 3.8) is 0 Å². The number of rotatable bonds is 2. The smallest absolute Gasteiger partial charge is 0.252 e. The highest BCUT2D eigenvalue weighted by Gasteiger charge is 2.43. The number of amides is 1. The summed E-state index contributed by atoms with van der Waals surface area (Å²) in [6.45, 7) is 9.96. The quantitative estimate of drug-likeness (QED) is 0.799. The molecule has 1 aliphatic carbocycles. The molecule has 1 unspecified atom stereocenters. The monoisotopic (exact) mass is 392 g/mol. The number of carbonyl (C=O) groups is 2. The molecule has 0 aromatic heterocycles. The predicted octanol–water partition coefficient (Wildman–Crippen LogP) is 4.61. The van der Waals surface area contributed by atoms with Gasteiger partial charge in [0.2, 0.25) is 0 Å². The third kappa shape index (κ3) is 3.77. The molecule has 4 nitrogen and oxygen atoms in total. The zero-order valence-corrected chi connectivity index (χ0v) is 18.1. The van der Waals surface area contributed by atoms with E-state index < -0.39 is 0 Å². The Morgan fingerprint density at radius 3 is 2.34 bits per heavy atom. The molecule has 0 saturated carbocycles. The number of allylic oxidation sites excluding steroid dienone is 3. The first-order valence-corrected chi connectivity index (χ1v) is 10.9. The molecule has 4 heteroatoms. The van der Waals surface area contributed by atoms with Crippen molar-refractivity contribution in [2.24, 2.45) is 5.41 Å². The van der Waals surface area contributed by atoms with E-state index in [0.717, 1.165) is 60.5 Å². The lowest BCUT2D eigenvalue weighted by molar-refractivity contribution is -0.128. The maximum absolute atomic E-state index is 13.6. The van der Waals surface area contributed by atoms with E-state index in [1.54, 1.807) is 0 Å². The number of ketones is 1. The van der Waals surface area contributed by atoms with E-state index in [9.17, 15) is 9.59 Å². The van der Waals surface area contributed by atoms with Crippen molar-refractivity contribution in [3.8, 4) is 0 Å². The number of hydrogen-bond donors (Lipinski definition) is 1. The van der Waals surface area contributed by atoms with Crippen molar-refractivity contribution in [1.29, 1.82) is 0 Å². The lowest BCUT2D eigenvalue weighted by Gasteiger charge is -2.41. The van der Waals surface area contributed by atoms with Gasteiger partial charge in [-0.15, -0.1) is 0 Å². The highest BCUT2D eigenvalue weighted by molar-refractivity contribution is 6.05. The fraction of sp³-hybridized carbons (Fsp3) is 0.520. The summed E-state index contributed by atoms with van der Waals surface area (Å²) in [7, 11) is 0. The van der Waals surface area contributed by atoms with Crippen LogP contribution in [-0.2, 0) is 9.59 Å². The molecule has 1 aromatic carbocycles. The molecule has 1 N–H and O–H groups in total. The van der Waals surface area contributed by atoms with Crippen molar-refractivity contribution in [2.75, 3.05) is 13.1 Å². The van der Waals surface area contributed by atoms with Crippen molar-refractivity contribution >= 4 is 11.7 Å². The Labute approximate surface area is 174 Å². The van der Waals surface area contributed by atoms with Crippen LogP contribution < -0.4 is 5.32 Å². The minimum Gasteiger partial charge on any atom is -0.362 e. The second kappa shape index (κ2) is 7.47. The number of likely N-dealkylation sites (tertiary alicyclic amines) is 1. The Morgan fingerprint density at radius 1 is 1.03 bits per heavy atom. The summed E-state index contributed by atoms with van der Waals surface area (Å²) in [5.41, 5.74) is 5.62. The van der Waals surface area contributed by atoms with Gasteiger partial charge in [-0.25, -0.2) is 0 Å². The van der Waals surface area contributed by atoms with Crippen LogP contribution in [0.15, 0.2) is 46.8 Å². The minimum atomic E-state index is -0.273. The maximum atomic E-state index is 13.6. The molecule has 29 heavy (non-hydrogen) atoms. The Hall–Kier alpha value is -2.36. The van der Waals surface area contributed by atoms with Crippen LogP contribution in [0.4, 0.5) is 0 Å². The van der Waals surface area contributed by atoms with E-state index in [-0.39, 0.29) is 23.0 Å². The Kier molecular flexibility index (Phi) is 5.14. The number of carbonyl (C=O) groups excluding carboxylic acids is 2. The van der Waals surface area contributed by atoms with Crippen molar-refractivity contribution in [2.45, 2.75) is 65.7 Å². The Balaban J connectivity index is 1.82. The van der Waals surface area contributed by atoms with Crippen LogP contribution in [0, 0.1) is 12.3 Å². The second-order valence-corrected chi connectivity index (χ2v) is 9.69. The summed E-state index contributed by atoms with van der Waals surface area (Å²) in [5, 5.41) is 3.48. The van der Waals surface area contributed by atoms with Gasteiger partial charge < -0.3 is 10.2 Å². The van der Waals surface area contributed by atoms with E-state index in [0.29, 0.717) is 6.42 Å². The second-order valence-electron chi connectivity index (χ2n) is 9.69. The summed E-state index contributed by atoms with van der Waals surface area (Å²) in [5.74, 6) is -0.0138. The zero-order chi connectivity index (χ0) is 20.8. The van der Waals surface area contributed by atoms with Gasteiger partial charge in [0.1, 0.15) is 0 Å². The molecule has 0 radical (unpaired) electrons. The van der Waals surface area contributed by atoms with Crippen molar-refractivity contribution in [3.05, 3.63) is 57.9 Å². The lowest BCUT2D eigenvalue weighted by atomic mass is 9.68. The number of nitrogens with zero attached hydrogens (tertiary/aromatic N) is 1. The van der Waals surface area contributed by atoms with Crippen LogP contribution in [0.2, 0.25) is 0 Å². The fourth-order valence-electron chi connectivity index (χ4n) is 5.08. The van der Waals surface area contributed by atoms with E-state index in [1.807, 2.05) is 11.8 Å². The number of aryl methyl sites for hydroxylation is 1. The van der Waals surface area contributed by atoms with Crippen LogP contribution in [0.25, 0.3) is 0 Å². The van der Waals surface area contributed by atoms with Gasteiger partial charge in [0.15, 0.2) is 5.78 Å². The first-order chi connectivity index (χ1) is 13.8. The van der Waals surface area contributed by atoms with E-state index in [2.05, 4.69) is 50.4 Å². The highest BCUT2D eigenvalue weighted by Crippen LogP contribution is 2.47. The number of hydrogen-bond acceptors (Lipinski definition) is 3. The van der Waals surface area contributed by atoms with Gasteiger partial charge >= 0.3 is 0 Å². The average molecular weight is 393 g/mol. The zero-order valence-electron chi connectivity index (χ0n) is 18.1. The summed E-state index contributed by atoms with van der Waals surface area (Å²) < 4.78 is 0. The van der Waals surface area contributed by atoms with Crippen LogP contribution >= 0.6 is 0 Å². The summed E-state index contributed by atoms with van der Waals surface area (Å²) >= 11 is 0. The average Bonchev–Trinajstić information content (AvgIpc) is 2.67. The molecule has 4 rings (SSSR count). The summed E-state index contributed by atoms with van der Waals surface area (Å²) in [6.07, 6.45) is 4.66. The van der Waals surface area contributed by atoms with Gasteiger partial charge in [0, 0.05) is 48.0 Å². The van der Waals surface area contributed by atoms with Gasteiger partial charge in [0.25, 0.3) is 5.91 Å². The van der Waals surface area contributed by atoms with Gasteiger partial charge in [-0.3, -0.25) is 9.59 Å². The third-order valence-corrected chi connectivity index (χ3v) is 6.52. The number of piperidine rings is 1. The third-order valence-electron chi connectivity index (χ3n) is 6.52. The fourth-order valence-corrected chi connectivity index (χ4v) is 5.08. The normalized spacial score (nSPS) is 24.3. The van der Waals surface area contributed by atoms with Crippen LogP contribution in [0.3, 0.4) is 0 Å². The van der Waals surface area contributed by atoms with Crippen molar-refractivity contribution in [1.82, 2.24) is 10.2 Å². The molecule has 0 spiro atoms. The van der Waals surface area contributed by atoms with Crippen LogP contribution in [0.5, 0.6) is 0 Å². The molecule has 2 aliphatic heterocycles. The van der Waals surface area contributed by atoms with E-state index in [4.69, 9.17) is 0 Å². The largest absolute Gasteiger partial charge is 0.362 e. The number of dihydropyridines is 1. The van der Waals surface area contributed by atoms with E-state index in [1.165, 1.54) is 12.0 Å². The first kappa shape index (κ1) is 19.9. The van der Waals surface area contributed by atoms with Gasteiger partial charge in [-0.1, -0.05) is 43.7 Å². The summed E-state index contributed by atoms with van der Waals surface area (Å²) in [4.78, 5) is 28.9. The maximum Gasteiger partial charge on any atom is 0.252 e. The standard InChI is InChI=1S/C25H32N2O2/c1-16-8-10-18(11-9-16)22-21(24(29)27-12-6-5-7-13-27)17(2)26-19-14-25(3,4)15-20(28)23(19)22/h8-11,22,26H,5-7,12-15H2,1-4H3. The van der Waals surface area contributed by atoms with Gasteiger partial charge in [0.05, 0.1) is 0 Å². The number of Topliss-reactive ketones (excluding diaryl/α,β-unsaturated/α-hetero) is 1. The number of benzene rings is 1. The molecule has 2 heterocycles. The topological polar surface area (TPSA) is 49.4 Å². The van der Waals surface area contributed by atoms with Crippen LogP contribution in [0.1, 0.15) is 69.9 Å². The molecule has 1 fully saturated rings. The van der Waals surface area contributed by atoms with Crippen LogP contribution in [-0.4, -0.2) is 29.7 Å². The molecular weight excluding hydrogens is 360 g/mol. The molecule has 3 aliphatic rings. The van der Waals surface area contributed by atoms with Gasteiger partial charge in [-0.2, -0.15) is 0 Å².